The van der Waals surface area contributed by atoms with Crippen LogP contribution in [0.2, 0.25) is 0 Å². The SMILES string of the molecule is CCCCCCCCCCCCCC/C=C\CCCCCCCCCCCCCCCCCC(O)CC(=O)NC(CO)C(O)/C=C/CC/C=C/CCCCCCCCCCCCCCCCCCCC. The third-order valence-electron chi connectivity index (χ3n) is 14.9. The molecule has 0 radical (unpaired) electrons. The summed E-state index contributed by atoms with van der Waals surface area (Å²) in [6.07, 6.45) is 79.4. The summed E-state index contributed by atoms with van der Waals surface area (Å²) in [5.41, 5.74) is 0. The van der Waals surface area contributed by atoms with E-state index < -0.39 is 18.2 Å². The number of rotatable bonds is 59. The predicted octanol–water partition coefficient (Wildman–Crippen LogP) is 20.2. The highest BCUT2D eigenvalue weighted by atomic mass is 16.3. The first-order valence-electron chi connectivity index (χ1n) is 31.8. The number of amides is 1. The van der Waals surface area contributed by atoms with E-state index in [0.29, 0.717) is 6.42 Å². The monoisotopic (exact) mass is 984 g/mol. The minimum Gasteiger partial charge on any atom is -0.394 e. The molecule has 0 aromatic carbocycles. The Kier molecular flexibility index (Phi) is 58.9. The number of aliphatic hydroxyl groups excluding tert-OH is 3. The molecule has 5 nitrogen and oxygen atoms in total. The molecule has 414 valence electrons. The van der Waals surface area contributed by atoms with Gasteiger partial charge in [0.1, 0.15) is 0 Å². The van der Waals surface area contributed by atoms with Crippen molar-refractivity contribution in [2.75, 3.05) is 6.61 Å². The quantitative estimate of drug-likeness (QED) is 0.0361. The Morgan fingerprint density at radius 1 is 0.357 bits per heavy atom. The third-order valence-corrected chi connectivity index (χ3v) is 14.9. The predicted molar refractivity (Wildman–Crippen MR) is 310 cm³/mol. The molecule has 0 spiro atoms. The largest absolute Gasteiger partial charge is 0.394 e. The van der Waals surface area contributed by atoms with E-state index in [9.17, 15) is 20.1 Å². The second kappa shape index (κ2) is 60.1. The van der Waals surface area contributed by atoms with Crippen LogP contribution in [0, 0.1) is 0 Å². The lowest BCUT2D eigenvalue weighted by molar-refractivity contribution is -0.124. The summed E-state index contributed by atoms with van der Waals surface area (Å²) in [6.45, 7) is 4.25. The Hall–Kier alpha value is -1.43. The van der Waals surface area contributed by atoms with Gasteiger partial charge < -0.3 is 20.6 Å². The van der Waals surface area contributed by atoms with Crippen molar-refractivity contribution in [1.29, 1.82) is 0 Å². The van der Waals surface area contributed by atoms with E-state index in [0.717, 1.165) is 32.1 Å². The number of allylic oxidation sites excluding steroid dienone is 5. The lowest BCUT2D eigenvalue weighted by Crippen LogP contribution is -2.45. The first kappa shape index (κ1) is 68.6. The molecule has 0 saturated heterocycles. The van der Waals surface area contributed by atoms with Crippen LogP contribution in [0.4, 0.5) is 0 Å². The number of carbonyl (C=O) groups excluding carboxylic acids is 1. The molecule has 5 heteroatoms. The highest BCUT2D eigenvalue weighted by Crippen LogP contribution is 2.18. The molecule has 0 aliphatic carbocycles. The molecule has 0 heterocycles. The molecule has 0 aromatic heterocycles. The maximum Gasteiger partial charge on any atom is 0.222 e. The Balaban J connectivity index is 3.54. The molecule has 0 aliphatic rings. The van der Waals surface area contributed by atoms with E-state index in [4.69, 9.17) is 0 Å². The highest BCUT2D eigenvalue weighted by molar-refractivity contribution is 5.76. The molecule has 0 saturated carbocycles. The molecule has 0 rings (SSSR count). The fourth-order valence-corrected chi connectivity index (χ4v) is 10.1. The maximum atomic E-state index is 12.6. The molecule has 3 unspecified atom stereocenters. The van der Waals surface area contributed by atoms with Crippen LogP contribution in [0.3, 0.4) is 0 Å². The number of aliphatic hydroxyl groups is 3. The van der Waals surface area contributed by atoms with Crippen molar-refractivity contribution in [3.63, 3.8) is 0 Å². The molecular formula is C65H125NO4. The number of carbonyl (C=O) groups is 1. The van der Waals surface area contributed by atoms with Crippen LogP contribution in [-0.4, -0.2) is 46.1 Å². The summed E-state index contributed by atoms with van der Waals surface area (Å²) in [5, 5.41) is 33.5. The van der Waals surface area contributed by atoms with E-state index in [1.807, 2.05) is 6.08 Å². The van der Waals surface area contributed by atoms with Crippen molar-refractivity contribution in [1.82, 2.24) is 5.32 Å². The zero-order valence-electron chi connectivity index (χ0n) is 47.4. The summed E-state index contributed by atoms with van der Waals surface area (Å²) >= 11 is 0. The molecule has 3 atom stereocenters. The summed E-state index contributed by atoms with van der Waals surface area (Å²) in [6, 6.07) is -0.762. The van der Waals surface area contributed by atoms with Crippen molar-refractivity contribution in [3.8, 4) is 0 Å². The van der Waals surface area contributed by atoms with Gasteiger partial charge in [0.15, 0.2) is 0 Å². The van der Waals surface area contributed by atoms with E-state index in [2.05, 4.69) is 43.5 Å². The first-order chi connectivity index (χ1) is 34.5. The van der Waals surface area contributed by atoms with Crippen LogP contribution < -0.4 is 5.32 Å². The Morgan fingerprint density at radius 3 is 0.914 bits per heavy atom. The molecular weight excluding hydrogens is 859 g/mol. The van der Waals surface area contributed by atoms with E-state index in [-0.39, 0.29) is 18.9 Å². The van der Waals surface area contributed by atoms with Gasteiger partial charge in [-0.05, 0) is 57.8 Å². The molecule has 70 heavy (non-hydrogen) atoms. The van der Waals surface area contributed by atoms with Crippen molar-refractivity contribution < 1.29 is 20.1 Å². The molecule has 4 N–H and O–H groups in total. The van der Waals surface area contributed by atoms with Gasteiger partial charge in [0.2, 0.25) is 5.91 Å². The Morgan fingerprint density at radius 2 is 0.614 bits per heavy atom. The lowest BCUT2D eigenvalue weighted by Gasteiger charge is -2.21. The van der Waals surface area contributed by atoms with Gasteiger partial charge in [0.25, 0.3) is 0 Å². The number of hydrogen-bond acceptors (Lipinski definition) is 4. The fourth-order valence-electron chi connectivity index (χ4n) is 10.1. The van der Waals surface area contributed by atoms with Crippen molar-refractivity contribution in [2.45, 2.75) is 366 Å². The maximum absolute atomic E-state index is 12.6. The van der Waals surface area contributed by atoms with Gasteiger partial charge >= 0.3 is 0 Å². The first-order valence-corrected chi connectivity index (χ1v) is 31.8. The summed E-state index contributed by atoms with van der Waals surface area (Å²) in [4.78, 5) is 12.6. The average molecular weight is 985 g/mol. The second-order valence-corrected chi connectivity index (χ2v) is 22.0. The highest BCUT2D eigenvalue weighted by Gasteiger charge is 2.20. The zero-order valence-corrected chi connectivity index (χ0v) is 47.4. The summed E-state index contributed by atoms with van der Waals surface area (Å²) < 4.78 is 0. The Labute approximate surface area is 438 Å². The van der Waals surface area contributed by atoms with Crippen LogP contribution in [-0.2, 0) is 4.79 Å². The molecule has 0 bridgehead atoms. The Bertz CT molecular complexity index is 1090. The van der Waals surface area contributed by atoms with E-state index in [1.165, 1.54) is 289 Å². The van der Waals surface area contributed by atoms with Crippen molar-refractivity contribution in [3.05, 3.63) is 36.5 Å². The van der Waals surface area contributed by atoms with E-state index in [1.54, 1.807) is 6.08 Å². The molecule has 0 aliphatic heterocycles. The number of nitrogens with one attached hydrogen (secondary N) is 1. The fraction of sp³-hybridized carbons (Fsp3) is 0.892. The summed E-state index contributed by atoms with van der Waals surface area (Å²) in [5.74, 6) is -0.320. The normalized spacial score (nSPS) is 13.4. The number of hydrogen-bond donors (Lipinski definition) is 4. The van der Waals surface area contributed by atoms with Crippen molar-refractivity contribution in [2.24, 2.45) is 0 Å². The smallest absolute Gasteiger partial charge is 0.222 e. The van der Waals surface area contributed by atoms with Gasteiger partial charge in [-0.3, -0.25) is 4.79 Å². The number of unbranched alkanes of at least 4 members (excludes halogenated alkanes) is 46. The zero-order chi connectivity index (χ0) is 50.7. The second-order valence-electron chi connectivity index (χ2n) is 22.0. The van der Waals surface area contributed by atoms with Gasteiger partial charge in [0.05, 0.1) is 31.3 Å². The van der Waals surface area contributed by atoms with Crippen LogP contribution in [0.1, 0.15) is 348 Å². The van der Waals surface area contributed by atoms with Crippen LogP contribution in [0.5, 0.6) is 0 Å². The van der Waals surface area contributed by atoms with Gasteiger partial charge in [-0.1, -0.05) is 320 Å². The average Bonchev–Trinajstić information content (AvgIpc) is 3.36. The molecule has 0 fully saturated rings. The molecule has 1 amide bonds. The van der Waals surface area contributed by atoms with Crippen molar-refractivity contribution >= 4 is 5.91 Å². The van der Waals surface area contributed by atoms with Gasteiger partial charge in [0, 0.05) is 0 Å². The van der Waals surface area contributed by atoms with Gasteiger partial charge in [-0.25, -0.2) is 0 Å². The third kappa shape index (κ3) is 55.9. The standard InChI is InChI=1S/C65H125NO4/c1-3-5-7-9-11-13-15-17-19-21-23-25-27-29-30-31-32-33-34-35-36-38-40-42-44-46-48-50-52-54-56-58-62(68)60-65(70)66-63(61-67)64(69)59-57-55-53-51-49-47-45-43-41-39-37-28-26-24-22-20-18-16-14-12-10-8-6-4-2/h29-30,49,51,57,59,62-64,67-69H,3-28,31-48,50,52-56,58,60-61H2,1-2H3,(H,66,70)/b30-29-,51-49+,59-57+. The minimum absolute atomic E-state index is 0.00832. The van der Waals surface area contributed by atoms with Gasteiger partial charge in [-0.15, -0.1) is 0 Å². The molecule has 0 aromatic rings. The van der Waals surface area contributed by atoms with E-state index >= 15 is 0 Å². The lowest BCUT2D eigenvalue weighted by atomic mass is 10.0. The van der Waals surface area contributed by atoms with Crippen LogP contribution >= 0.6 is 0 Å². The minimum atomic E-state index is -0.953. The summed E-state index contributed by atoms with van der Waals surface area (Å²) in [7, 11) is 0. The topological polar surface area (TPSA) is 89.8 Å². The van der Waals surface area contributed by atoms with Gasteiger partial charge in [-0.2, -0.15) is 0 Å². The van der Waals surface area contributed by atoms with Crippen LogP contribution in [0.15, 0.2) is 36.5 Å². The van der Waals surface area contributed by atoms with Crippen LogP contribution in [0.25, 0.3) is 0 Å².